The molecule has 0 radical (unpaired) electrons. The number of ether oxygens (including phenoxy) is 5. The molecule has 424 valence electrons. The van der Waals surface area contributed by atoms with E-state index in [4.69, 9.17) is 23.7 Å². The maximum atomic E-state index is 15.3. The van der Waals surface area contributed by atoms with E-state index in [1.54, 1.807) is 24.3 Å². The van der Waals surface area contributed by atoms with Crippen LogP contribution in [0.25, 0.3) is 0 Å². The minimum Gasteiger partial charge on any atom is -0.466 e. The normalized spacial score (nSPS) is 33.2. The number of ketones is 2. The number of rotatable bonds is 26. The number of hydrogen-bond donors (Lipinski definition) is 5. The van der Waals surface area contributed by atoms with E-state index in [0.29, 0.717) is 49.9 Å². The standard InChI is InChI=1S/C60H85N2O14P/c1-58-28-27-46(63)34-45(58)24-25-47-48-35-54-60(59(48,2)36-50(64)55(47)58,76-57(75-54)42-20-10-7-11-21-42)53(66)39-72-56(67)49-22-16-30-62(49,3)38-44-33-43(23-26-52(44)73-40-74-77(68,69)70)51(65)37-61-29-13-4-5-14-31-71-32-15-12-19-41-17-8-6-9-18-41/h6,8-9,17-18,23,26-28,33-34,42,47-51,54-55,57,61,64-65H,4-5,7,10-16,19-22,24-25,29-32,35-40H2,1-3H3,(H-,68,69,70)/p+1/t47-,48-,49?,50-,51?,54+,55+,57+,58-,59-,60+,62?/m0/s1. The SMILES string of the molecule is C[C@]12C=CC(=O)C=C1CC[C@@H]1[C@@H]2[C@@H](O)C[C@@]2(C)[C@H]1C[C@H]1O[C@@H](C3CCCCC3)O[C@]12C(=O)COC(=O)C1CCC[N+]1(C)Cc1cc(C(O)CNCCCCCCOCCCCc2ccccc2)ccc1OCOP(=O)(O)O. The Kier molecular flexibility index (Phi) is 18.9. The predicted molar refractivity (Wildman–Crippen MR) is 288 cm³/mol. The van der Waals surface area contributed by atoms with Crippen LogP contribution in [-0.2, 0) is 55.4 Å². The summed E-state index contributed by atoms with van der Waals surface area (Å²) in [5.74, 6) is -0.588. The van der Waals surface area contributed by atoms with Crippen LogP contribution in [0.2, 0.25) is 0 Å². The molecular formula is C60H86N2O14P+. The fourth-order valence-corrected chi connectivity index (χ4v) is 15.5. The molecule has 2 aromatic rings. The molecule has 0 spiro atoms. The Morgan fingerprint density at radius 1 is 0.948 bits per heavy atom. The van der Waals surface area contributed by atoms with Crippen molar-refractivity contribution in [1.29, 1.82) is 0 Å². The molecule has 0 bridgehead atoms. The lowest BCUT2D eigenvalue weighted by Gasteiger charge is -2.59. The first-order valence-corrected chi connectivity index (χ1v) is 30.4. The molecule has 4 saturated carbocycles. The molecule has 6 fully saturated rings. The number of aryl methyl sites for hydroxylation is 1. The molecule has 0 amide bonds. The van der Waals surface area contributed by atoms with Crippen molar-refractivity contribution in [2.75, 3.05) is 53.3 Å². The molecule has 2 heterocycles. The number of nitrogens with zero attached hydrogens (tertiary/aromatic N) is 1. The fraction of sp³-hybridized carbons (Fsp3) is 0.683. The molecule has 2 aromatic carbocycles. The number of likely N-dealkylation sites (N-methyl/N-ethyl adjacent to an activating group) is 1. The van der Waals surface area contributed by atoms with Gasteiger partial charge in [0.15, 0.2) is 37.1 Å². The van der Waals surface area contributed by atoms with Crippen LogP contribution >= 0.6 is 7.82 Å². The number of quaternary nitrogens is 1. The van der Waals surface area contributed by atoms with E-state index in [9.17, 15) is 34.2 Å². The maximum absolute atomic E-state index is 15.3. The number of hydrogen-bond acceptors (Lipinski definition) is 13. The number of phosphoric acid groups is 1. The van der Waals surface area contributed by atoms with Crippen molar-refractivity contribution in [1.82, 2.24) is 5.32 Å². The zero-order chi connectivity index (χ0) is 54.4. The van der Waals surface area contributed by atoms with Crippen molar-refractivity contribution < 1.29 is 71.6 Å². The van der Waals surface area contributed by atoms with Gasteiger partial charge in [-0.15, -0.1) is 0 Å². The zero-order valence-corrected chi connectivity index (χ0v) is 46.6. The van der Waals surface area contributed by atoms with Crippen LogP contribution in [0.15, 0.2) is 72.3 Å². The van der Waals surface area contributed by atoms with Crippen molar-refractivity contribution >= 4 is 25.4 Å². The highest BCUT2D eigenvalue weighted by atomic mass is 31.2. The molecule has 3 unspecified atom stereocenters. The van der Waals surface area contributed by atoms with Crippen LogP contribution in [0.1, 0.15) is 146 Å². The number of Topliss-reactive ketones (excluding diaryl/α,β-unsaturated/α-hetero) is 1. The number of unbranched alkanes of at least 4 members (excludes halogenated alkanes) is 4. The van der Waals surface area contributed by atoms with Crippen LogP contribution in [0.3, 0.4) is 0 Å². The Labute approximate surface area is 455 Å². The van der Waals surface area contributed by atoms with Crippen LogP contribution in [0, 0.1) is 34.5 Å². The molecule has 16 nitrogen and oxygen atoms in total. The van der Waals surface area contributed by atoms with E-state index < -0.39 is 74.3 Å². The molecule has 2 aliphatic heterocycles. The van der Waals surface area contributed by atoms with Crippen molar-refractivity contribution in [3.63, 3.8) is 0 Å². The summed E-state index contributed by atoms with van der Waals surface area (Å²) in [5.41, 5.74) is 0.885. The average Bonchev–Trinajstić information content (AvgIpc) is 4.20. The third kappa shape index (κ3) is 12.8. The smallest absolute Gasteiger partial charge is 0.466 e. The first kappa shape index (κ1) is 58.0. The summed E-state index contributed by atoms with van der Waals surface area (Å²) < 4.78 is 48.3. The summed E-state index contributed by atoms with van der Waals surface area (Å²) in [6, 6.07) is 15.0. The summed E-state index contributed by atoms with van der Waals surface area (Å²) in [6.45, 7) is 6.40. The molecule has 7 aliphatic rings. The summed E-state index contributed by atoms with van der Waals surface area (Å²) in [5, 5.41) is 27.1. The molecule has 0 aromatic heterocycles. The molecule has 17 heteroatoms. The van der Waals surface area contributed by atoms with Gasteiger partial charge in [-0.1, -0.05) is 94.0 Å². The second-order valence-electron chi connectivity index (χ2n) is 24.2. The van der Waals surface area contributed by atoms with E-state index >= 15 is 4.79 Å². The van der Waals surface area contributed by atoms with Crippen molar-refractivity contribution in [3.8, 4) is 5.75 Å². The number of phosphoric ester groups is 1. The van der Waals surface area contributed by atoms with Crippen LogP contribution in [0.5, 0.6) is 5.75 Å². The number of carbonyl (C=O) groups excluding carboxylic acids is 3. The Bertz CT molecular complexity index is 2480. The van der Waals surface area contributed by atoms with Crippen molar-refractivity contribution in [2.45, 2.75) is 172 Å². The van der Waals surface area contributed by atoms with E-state index in [2.05, 4.69) is 48.0 Å². The molecule has 5 aliphatic carbocycles. The lowest BCUT2D eigenvalue weighted by Crippen LogP contribution is -2.64. The van der Waals surface area contributed by atoms with Gasteiger partial charge >= 0.3 is 13.8 Å². The minimum absolute atomic E-state index is 0.0209. The predicted octanol–water partition coefficient (Wildman–Crippen LogP) is 8.53. The lowest BCUT2D eigenvalue weighted by molar-refractivity contribution is -0.926. The maximum Gasteiger partial charge on any atom is 0.472 e. The number of esters is 1. The minimum atomic E-state index is -4.84. The van der Waals surface area contributed by atoms with Gasteiger partial charge in [-0.25, -0.2) is 13.9 Å². The number of likely N-dealkylation sites (tertiary alicyclic amines) is 1. The lowest BCUT2D eigenvalue weighted by atomic mass is 9.46. The molecule has 12 atom stereocenters. The molecule has 2 saturated heterocycles. The average molecular weight is 1090 g/mol. The fourth-order valence-electron chi connectivity index (χ4n) is 15.3. The number of aliphatic hydroxyl groups is 2. The zero-order valence-electron chi connectivity index (χ0n) is 45.7. The summed E-state index contributed by atoms with van der Waals surface area (Å²) in [7, 11) is -2.89. The number of nitrogens with one attached hydrogen (secondary N) is 1. The quantitative estimate of drug-likeness (QED) is 0.0196. The van der Waals surface area contributed by atoms with Crippen LogP contribution < -0.4 is 10.1 Å². The number of carbonyl (C=O) groups is 3. The van der Waals surface area contributed by atoms with Gasteiger partial charge < -0.3 is 53.5 Å². The topological polar surface area (TPSA) is 217 Å². The van der Waals surface area contributed by atoms with Crippen LogP contribution in [0.4, 0.5) is 0 Å². The van der Waals surface area contributed by atoms with E-state index in [1.807, 2.05) is 25.3 Å². The highest BCUT2D eigenvalue weighted by Crippen LogP contribution is 2.70. The third-order valence-corrected chi connectivity index (χ3v) is 19.7. The summed E-state index contributed by atoms with van der Waals surface area (Å²) >= 11 is 0. The highest BCUT2D eigenvalue weighted by molar-refractivity contribution is 7.46. The van der Waals surface area contributed by atoms with Gasteiger partial charge in [0.2, 0.25) is 5.78 Å². The largest absolute Gasteiger partial charge is 0.472 e. The Hall–Kier alpha value is -3.64. The van der Waals surface area contributed by atoms with Gasteiger partial charge in [0, 0.05) is 60.8 Å². The summed E-state index contributed by atoms with van der Waals surface area (Å²) in [6.07, 6.45) is 18.6. The van der Waals surface area contributed by atoms with Crippen molar-refractivity contribution in [3.05, 3.63) is 89.0 Å². The van der Waals surface area contributed by atoms with E-state index in [1.165, 1.54) is 5.56 Å². The highest BCUT2D eigenvalue weighted by Gasteiger charge is 2.76. The molecular weight excluding hydrogens is 1000 g/mol. The van der Waals surface area contributed by atoms with Gasteiger partial charge in [0.25, 0.3) is 0 Å². The first-order chi connectivity index (χ1) is 36.9. The second-order valence-corrected chi connectivity index (χ2v) is 25.4. The van der Waals surface area contributed by atoms with Gasteiger partial charge in [0.1, 0.15) is 12.3 Å². The Morgan fingerprint density at radius 3 is 2.49 bits per heavy atom. The number of aliphatic hydroxyl groups excluding tert-OH is 2. The van der Waals surface area contributed by atoms with Gasteiger partial charge in [-0.3, -0.25) is 9.59 Å². The number of allylic oxidation sites excluding steroid dienone is 4. The number of benzene rings is 2. The molecule has 77 heavy (non-hydrogen) atoms. The number of fused-ring (bicyclic) bond motifs is 7. The van der Waals surface area contributed by atoms with Gasteiger partial charge in [0.05, 0.1) is 31.9 Å². The Balaban J connectivity index is 0.822. The second kappa shape index (κ2) is 25.0. The van der Waals surface area contributed by atoms with Gasteiger partial charge in [-0.05, 0) is 124 Å². The molecule has 5 N–H and O–H groups in total. The Morgan fingerprint density at radius 2 is 1.71 bits per heavy atom. The van der Waals surface area contributed by atoms with Crippen LogP contribution in [-0.4, -0.2) is 125 Å². The van der Waals surface area contributed by atoms with Crippen molar-refractivity contribution in [2.24, 2.45) is 34.5 Å². The molecule has 9 rings (SSSR count). The van der Waals surface area contributed by atoms with E-state index in [-0.39, 0.29) is 52.0 Å². The van der Waals surface area contributed by atoms with E-state index in [0.717, 1.165) is 115 Å². The third-order valence-electron chi connectivity index (χ3n) is 19.2. The monoisotopic (exact) mass is 1090 g/mol. The summed E-state index contributed by atoms with van der Waals surface area (Å²) in [4.78, 5) is 61.1. The first-order valence-electron chi connectivity index (χ1n) is 28.9. The van der Waals surface area contributed by atoms with Gasteiger partial charge in [-0.2, -0.15) is 0 Å².